The van der Waals surface area contributed by atoms with Gasteiger partial charge in [-0.05, 0) is 26.0 Å². The SMILES string of the molecule is Cc1nc(-n2ccnc2C)ccc1C(=O)O. The number of hydrogen-bond acceptors (Lipinski definition) is 3. The van der Waals surface area contributed by atoms with Crippen LogP contribution in [0.25, 0.3) is 5.82 Å². The summed E-state index contributed by atoms with van der Waals surface area (Å²) >= 11 is 0. The Morgan fingerprint density at radius 2 is 2.12 bits per heavy atom. The first-order chi connectivity index (χ1) is 7.59. The van der Waals surface area contributed by atoms with Gasteiger partial charge in [-0.1, -0.05) is 0 Å². The number of aromatic carboxylic acids is 1. The predicted octanol–water partition coefficient (Wildman–Crippen LogP) is 1.58. The lowest BCUT2D eigenvalue weighted by Crippen LogP contribution is -2.05. The minimum atomic E-state index is -0.959. The number of carboxylic acids is 1. The Bertz CT molecular complexity index is 546. The molecule has 2 aromatic heterocycles. The number of imidazole rings is 1. The van der Waals surface area contributed by atoms with Crippen molar-refractivity contribution in [1.29, 1.82) is 0 Å². The first-order valence-electron chi connectivity index (χ1n) is 4.81. The molecular weight excluding hydrogens is 206 g/mol. The smallest absolute Gasteiger partial charge is 0.337 e. The largest absolute Gasteiger partial charge is 0.478 e. The summed E-state index contributed by atoms with van der Waals surface area (Å²) in [5.41, 5.74) is 0.722. The van der Waals surface area contributed by atoms with E-state index in [0.717, 1.165) is 5.82 Å². The number of pyridine rings is 1. The van der Waals surface area contributed by atoms with Gasteiger partial charge in [-0.2, -0.15) is 0 Å². The zero-order valence-electron chi connectivity index (χ0n) is 9.01. The number of carbonyl (C=O) groups is 1. The number of hydrogen-bond donors (Lipinski definition) is 1. The van der Waals surface area contributed by atoms with Crippen molar-refractivity contribution < 1.29 is 9.90 Å². The van der Waals surface area contributed by atoms with Crippen molar-refractivity contribution in [3.8, 4) is 5.82 Å². The monoisotopic (exact) mass is 217 g/mol. The van der Waals surface area contributed by atoms with E-state index < -0.39 is 5.97 Å². The van der Waals surface area contributed by atoms with Crippen molar-refractivity contribution in [2.75, 3.05) is 0 Å². The quantitative estimate of drug-likeness (QED) is 0.829. The van der Waals surface area contributed by atoms with Crippen molar-refractivity contribution in [2.24, 2.45) is 0 Å². The minimum Gasteiger partial charge on any atom is -0.478 e. The molecule has 2 aromatic rings. The van der Waals surface area contributed by atoms with E-state index in [4.69, 9.17) is 5.11 Å². The molecule has 1 N–H and O–H groups in total. The molecule has 0 aliphatic heterocycles. The molecule has 2 rings (SSSR count). The van der Waals surface area contributed by atoms with E-state index in [2.05, 4.69) is 9.97 Å². The average Bonchev–Trinajstić information content (AvgIpc) is 2.63. The van der Waals surface area contributed by atoms with Crippen LogP contribution in [-0.4, -0.2) is 25.6 Å². The van der Waals surface area contributed by atoms with Crippen molar-refractivity contribution >= 4 is 5.97 Å². The van der Waals surface area contributed by atoms with E-state index in [-0.39, 0.29) is 5.56 Å². The number of aromatic nitrogens is 3. The lowest BCUT2D eigenvalue weighted by Gasteiger charge is -2.06. The van der Waals surface area contributed by atoms with Crippen LogP contribution in [0.4, 0.5) is 0 Å². The first kappa shape index (κ1) is 10.4. The van der Waals surface area contributed by atoms with Crippen molar-refractivity contribution in [3.05, 3.63) is 41.6 Å². The van der Waals surface area contributed by atoms with Crippen LogP contribution in [0.5, 0.6) is 0 Å². The van der Waals surface area contributed by atoms with E-state index in [0.29, 0.717) is 11.5 Å². The van der Waals surface area contributed by atoms with Gasteiger partial charge in [0, 0.05) is 12.4 Å². The average molecular weight is 217 g/mol. The van der Waals surface area contributed by atoms with Crippen LogP contribution in [0.15, 0.2) is 24.5 Å². The Hall–Kier alpha value is -2.17. The number of aryl methyl sites for hydroxylation is 2. The van der Waals surface area contributed by atoms with Gasteiger partial charge in [-0.25, -0.2) is 14.8 Å². The third kappa shape index (κ3) is 1.67. The van der Waals surface area contributed by atoms with Crippen LogP contribution < -0.4 is 0 Å². The van der Waals surface area contributed by atoms with Crippen LogP contribution in [0.3, 0.4) is 0 Å². The summed E-state index contributed by atoms with van der Waals surface area (Å²) in [6.07, 6.45) is 3.47. The van der Waals surface area contributed by atoms with Crippen LogP contribution in [-0.2, 0) is 0 Å². The van der Waals surface area contributed by atoms with Crippen molar-refractivity contribution in [3.63, 3.8) is 0 Å². The molecule has 0 bridgehead atoms. The summed E-state index contributed by atoms with van der Waals surface area (Å²) in [4.78, 5) is 19.2. The zero-order valence-corrected chi connectivity index (χ0v) is 9.01. The maximum atomic E-state index is 10.8. The minimum absolute atomic E-state index is 0.224. The number of carboxylic acid groups (broad SMARTS) is 1. The normalized spacial score (nSPS) is 10.4. The summed E-state index contributed by atoms with van der Waals surface area (Å²) in [6, 6.07) is 3.23. The van der Waals surface area contributed by atoms with Crippen LogP contribution in [0.1, 0.15) is 21.9 Å². The van der Waals surface area contributed by atoms with Gasteiger partial charge in [0.15, 0.2) is 0 Å². The topological polar surface area (TPSA) is 68.0 Å². The maximum Gasteiger partial charge on any atom is 0.337 e. The molecule has 0 atom stereocenters. The van der Waals surface area contributed by atoms with Crippen LogP contribution >= 0.6 is 0 Å². The Morgan fingerprint density at radius 1 is 1.38 bits per heavy atom. The van der Waals surface area contributed by atoms with Gasteiger partial charge in [0.1, 0.15) is 11.6 Å². The number of rotatable bonds is 2. The van der Waals surface area contributed by atoms with Gasteiger partial charge in [0.2, 0.25) is 0 Å². The lowest BCUT2D eigenvalue weighted by molar-refractivity contribution is 0.0695. The van der Waals surface area contributed by atoms with Crippen molar-refractivity contribution in [1.82, 2.24) is 14.5 Å². The maximum absolute atomic E-state index is 10.8. The van der Waals surface area contributed by atoms with Gasteiger partial charge in [-0.15, -0.1) is 0 Å². The molecule has 16 heavy (non-hydrogen) atoms. The highest BCUT2D eigenvalue weighted by Gasteiger charge is 2.10. The Morgan fingerprint density at radius 3 is 2.62 bits per heavy atom. The molecule has 82 valence electrons. The molecule has 5 heteroatoms. The summed E-state index contributed by atoms with van der Waals surface area (Å²) < 4.78 is 1.80. The molecular formula is C11H11N3O2. The Labute approximate surface area is 92.4 Å². The Balaban J connectivity index is 2.50. The van der Waals surface area contributed by atoms with E-state index in [9.17, 15) is 4.79 Å². The summed E-state index contributed by atoms with van der Waals surface area (Å²) in [6.45, 7) is 3.54. The van der Waals surface area contributed by atoms with E-state index in [1.165, 1.54) is 0 Å². The molecule has 0 aliphatic carbocycles. The molecule has 0 fully saturated rings. The fourth-order valence-electron chi connectivity index (χ4n) is 1.53. The predicted molar refractivity (Wildman–Crippen MR) is 57.8 cm³/mol. The highest BCUT2D eigenvalue weighted by atomic mass is 16.4. The van der Waals surface area contributed by atoms with Crippen LogP contribution in [0, 0.1) is 13.8 Å². The van der Waals surface area contributed by atoms with Gasteiger partial charge in [0.05, 0.1) is 11.3 Å². The van der Waals surface area contributed by atoms with E-state index in [1.807, 2.05) is 6.92 Å². The molecule has 0 saturated heterocycles. The highest BCUT2D eigenvalue weighted by molar-refractivity contribution is 5.88. The fourth-order valence-corrected chi connectivity index (χ4v) is 1.53. The lowest BCUT2D eigenvalue weighted by atomic mass is 10.2. The van der Waals surface area contributed by atoms with Crippen LogP contribution in [0.2, 0.25) is 0 Å². The van der Waals surface area contributed by atoms with Gasteiger partial charge >= 0.3 is 5.97 Å². The standard InChI is InChI=1S/C11H11N3O2/c1-7-9(11(15)16)3-4-10(13-7)14-6-5-12-8(14)2/h3-6H,1-2H3,(H,15,16). The number of nitrogens with zero attached hydrogens (tertiary/aromatic N) is 3. The Kier molecular flexibility index (Phi) is 2.44. The molecule has 2 heterocycles. The third-order valence-corrected chi connectivity index (χ3v) is 2.37. The first-order valence-corrected chi connectivity index (χ1v) is 4.81. The second kappa shape index (κ2) is 3.77. The molecule has 0 saturated carbocycles. The fraction of sp³-hybridized carbons (Fsp3) is 0.182. The molecule has 0 spiro atoms. The van der Waals surface area contributed by atoms with E-state index in [1.54, 1.807) is 36.0 Å². The summed E-state index contributed by atoms with van der Waals surface area (Å²) in [5, 5.41) is 8.88. The summed E-state index contributed by atoms with van der Waals surface area (Å²) in [5.74, 6) is 0.534. The summed E-state index contributed by atoms with van der Waals surface area (Å²) in [7, 11) is 0. The van der Waals surface area contributed by atoms with E-state index >= 15 is 0 Å². The second-order valence-electron chi connectivity index (χ2n) is 3.45. The highest BCUT2D eigenvalue weighted by Crippen LogP contribution is 2.11. The molecule has 5 nitrogen and oxygen atoms in total. The molecule has 0 aromatic carbocycles. The van der Waals surface area contributed by atoms with Gasteiger partial charge < -0.3 is 5.11 Å². The molecule has 0 radical (unpaired) electrons. The van der Waals surface area contributed by atoms with Crippen molar-refractivity contribution in [2.45, 2.75) is 13.8 Å². The second-order valence-corrected chi connectivity index (χ2v) is 3.45. The molecule has 0 amide bonds. The molecule has 0 unspecified atom stereocenters. The van der Waals surface area contributed by atoms with Gasteiger partial charge in [0.25, 0.3) is 0 Å². The van der Waals surface area contributed by atoms with Gasteiger partial charge in [-0.3, -0.25) is 4.57 Å². The zero-order chi connectivity index (χ0) is 11.7. The molecule has 0 aliphatic rings. The third-order valence-electron chi connectivity index (χ3n) is 2.37.